The summed E-state index contributed by atoms with van der Waals surface area (Å²) in [7, 11) is 3.01. The summed E-state index contributed by atoms with van der Waals surface area (Å²) in [6.45, 7) is 0.0330. The van der Waals surface area contributed by atoms with Gasteiger partial charge >= 0.3 is 11.7 Å². The molecule has 9 heteroatoms. The fourth-order valence-electron chi connectivity index (χ4n) is 3.35. The van der Waals surface area contributed by atoms with Crippen LogP contribution in [-0.4, -0.2) is 36.8 Å². The fourth-order valence-corrected chi connectivity index (χ4v) is 3.35. The number of carbonyl (C=O) groups is 1. The first-order valence-electron chi connectivity index (χ1n) is 7.79. The van der Waals surface area contributed by atoms with E-state index in [1.165, 1.54) is 14.2 Å². The van der Waals surface area contributed by atoms with E-state index < -0.39 is 23.1 Å². The predicted octanol–water partition coefficient (Wildman–Crippen LogP) is 0.449. The molecule has 0 radical (unpaired) electrons. The molecule has 0 saturated heterocycles. The fraction of sp³-hybridized carbons (Fsp3) is 0.235. The maximum atomic E-state index is 12.6. The summed E-state index contributed by atoms with van der Waals surface area (Å²) in [4.78, 5) is 41.4. The molecule has 2 aliphatic rings. The van der Waals surface area contributed by atoms with Gasteiger partial charge in [0.15, 0.2) is 0 Å². The highest BCUT2D eigenvalue weighted by atomic mass is 16.5. The maximum absolute atomic E-state index is 12.6. The molecular formula is C17H15N3O6. The largest absolute Gasteiger partial charge is 0.497 e. The molecule has 0 bridgehead atoms. The Bertz CT molecular complexity index is 1060. The third-order valence-electron chi connectivity index (χ3n) is 4.47. The maximum Gasteiger partial charge on any atom is 0.337 e. The molecule has 0 aliphatic carbocycles. The van der Waals surface area contributed by atoms with Crippen LogP contribution in [0.2, 0.25) is 0 Å². The average molecular weight is 357 g/mol. The minimum absolute atomic E-state index is 0.0330. The molecule has 1 aromatic carbocycles. The highest BCUT2D eigenvalue weighted by molar-refractivity contribution is 5.97. The molecular weight excluding hydrogens is 342 g/mol. The highest BCUT2D eigenvalue weighted by Gasteiger charge is 2.41. The molecule has 2 aliphatic heterocycles. The van der Waals surface area contributed by atoms with Crippen LogP contribution in [0.1, 0.15) is 17.0 Å². The smallest absolute Gasteiger partial charge is 0.337 e. The van der Waals surface area contributed by atoms with Crippen molar-refractivity contribution in [2.24, 2.45) is 0 Å². The number of hydrogen-bond donors (Lipinski definition) is 3. The van der Waals surface area contributed by atoms with Crippen molar-refractivity contribution in [1.29, 1.82) is 0 Å². The van der Waals surface area contributed by atoms with Crippen molar-refractivity contribution in [1.82, 2.24) is 9.97 Å². The third kappa shape index (κ3) is 2.28. The van der Waals surface area contributed by atoms with E-state index in [1.54, 1.807) is 18.2 Å². The number of benzene rings is 1. The molecule has 2 aromatic rings. The normalized spacial score (nSPS) is 17.9. The van der Waals surface area contributed by atoms with Gasteiger partial charge in [-0.2, -0.15) is 0 Å². The Balaban J connectivity index is 2.05. The molecule has 3 N–H and O–H groups in total. The second-order valence-electron chi connectivity index (χ2n) is 5.83. The number of nitrogens with one attached hydrogen (secondary N) is 3. The van der Waals surface area contributed by atoms with E-state index in [0.717, 1.165) is 0 Å². The van der Waals surface area contributed by atoms with Crippen molar-refractivity contribution in [3.8, 4) is 11.5 Å². The van der Waals surface area contributed by atoms with E-state index in [9.17, 15) is 14.4 Å². The molecule has 134 valence electrons. The molecule has 9 nitrogen and oxygen atoms in total. The van der Waals surface area contributed by atoms with Crippen LogP contribution >= 0.6 is 0 Å². The Labute approximate surface area is 146 Å². The van der Waals surface area contributed by atoms with Crippen molar-refractivity contribution in [3.63, 3.8) is 0 Å². The van der Waals surface area contributed by atoms with Gasteiger partial charge in [0.25, 0.3) is 5.56 Å². The number of H-pyrrole nitrogens is 2. The van der Waals surface area contributed by atoms with Crippen molar-refractivity contribution in [3.05, 3.63) is 61.4 Å². The Hall–Kier alpha value is -3.49. The van der Waals surface area contributed by atoms with Crippen molar-refractivity contribution < 1.29 is 19.0 Å². The van der Waals surface area contributed by atoms with Crippen LogP contribution in [0, 0.1) is 0 Å². The zero-order valence-corrected chi connectivity index (χ0v) is 14.0. The molecule has 4 rings (SSSR count). The van der Waals surface area contributed by atoms with Gasteiger partial charge in [-0.15, -0.1) is 0 Å². The van der Waals surface area contributed by atoms with Gasteiger partial charge in [-0.25, -0.2) is 9.59 Å². The van der Waals surface area contributed by atoms with Gasteiger partial charge < -0.3 is 19.5 Å². The van der Waals surface area contributed by atoms with Gasteiger partial charge in [-0.05, 0) is 18.2 Å². The van der Waals surface area contributed by atoms with E-state index in [-0.39, 0.29) is 18.0 Å². The van der Waals surface area contributed by atoms with E-state index >= 15 is 0 Å². The number of anilines is 1. The van der Waals surface area contributed by atoms with Crippen LogP contribution in [-0.2, 0) is 9.53 Å². The molecule has 0 fully saturated rings. The molecule has 1 atom stereocenters. The Kier molecular flexibility index (Phi) is 3.57. The van der Waals surface area contributed by atoms with E-state index in [2.05, 4.69) is 15.3 Å². The van der Waals surface area contributed by atoms with Crippen LogP contribution < -0.4 is 26.0 Å². The van der Waals surface area contributed by atoms with Crippen LogP contribution in [0.5, 0.6) is 11.5 Å². The number of fused-ring (bicyclic) bond motifs is 1. The molecule has 3 heterocycles. The standard InChI is InChI=1S/C17H15N3O6/c1-24-7-3-4-10(25-2)8(5-7)11-12-9(6-26-16(12)22)18-14-13(11)15(21)20-17(23)19-14/h3-5,11H,6H2,1-2H3,(H3,18,19,20,21,23)/t11-/m1/s1. The molecule has 0 amide bonds. The summed E-state index contributed by atoms with van der Waals surface area (Å²) in [6, 6.07) is 5.10. The number of methoxy groups -OCH3 is 2. The lowest BCUT2D eigenvalue weighted by molar-refractivity contribution is -0.136. The lowest BCUT2D eigenvalue weighted by atomic mass is 9.82. The first-order chi connectivity index (χ1) is 12.5. The van der Waals surface area contributed by atoms with Crippen LogP contribution in [0.15, 0.2) is 39.1 Å². The molecule has 0 spiro atoms. The van der Waals surface area contributed by atoms with Gasteiger partial charge in [0.1, 0.15) is 23.9 Å². The predicted molar refractivity (Wildman–Crippen MR) is 90.7 cm³/mol. The van der Waals surface area contributed by atoms with Gasteiger partial charge in [-0.3, -0.25) is 14.8 Å². The number of cyclic esters (lactones) is 1. The number of aromatic amines is 2. The van der Waals surface area contributed by atoms with Crippen LogP contribution in [0.3, 0.4) is 0 Å². The first-order valence-corrected chi connectivity index (χ1v) is 7.79. The van der Waals surface area contributed by atoms with E-state index in [1.807, 2.05) is 0 Å². The third-order valence-corrected chi connectivity index (χ3v) is 4.47. The Morgan fingerprint density at radius 3 is 2.65 bits per heavy atom. The molecule has 0 unspecified atom stereocenters. The summed E-state index contributed by atoms with van der Waals surface area (Å²) in [5.41, 5.74) is 0.316. The summed E-state index contributed by atoms with van der Waals surface area (Å²) in [6.07, 6.45) is 0. The van der Waals surface area contributed by atoms with Crippen LogP contribution in [0.25, 0.3) is 0 Å². The Morgan fingerprint density at radius 2 is 1.92 bits per heavy atom. The summed E-state index contributed by atoms with van der Waals surface area (Å²) < 4.78 is 15.8. The van der Waals surface area contributed by atoms with Gasteiger partial charge in [0.05, 0.1) is 37.0 Å². The van der Waals surface area contributed by atoms with Gasteiger partial charge in [0, 0.05) is 5.56 Å². The monoisotopic (exact) mass is 357 g/mol. The topological polar surface area (TPSA) is 123 Å². The van der Waals surface area contributed by atoms with Crippen LogP contribution in [0.4, 0.5) is 5.82 Å². The van der Waals surface area contributed by atoms with Gasteiger partial charge in [0.2, 0.25) is 0 Å². The second kappa shape index (κ2) is 5.80. The summed E-state index contributed by atoms with van der Waals surface area (Å²) in [5, 5.41) is 2.92. The Morgan fingerprint density at radius 1 is 1.12 bits per heavy atom. The zero-order chi connectivity index (χ0) is 18.4. The van der Waals surface area contributed by atoms with Crippen molar-refractivity contribution >= 4 is 11.8 Å². The average Bonchev–Trinajstić information content (AvgIpc) is 2.99. The first kappa shape index (κ1) is 16.0. The second-order valence-corrected chi connectivity index (χ2v) is 5.83. The van der Waals surface area contributed by atoms with Crippen molar-refractivity contribution in [2.75, 3.05) is 26.1 Å². The lowest BCUT2D eigenvalue weighted by Gasteiger charge is -2.26. The number of rotatable bonds is 3. The summed E-state index contributed by atoms with van der Waals surface area (Å²) in [5.74, 6) is -0.0674. The quantitative estimate of drug-likeness (QED) is 0.682. The van der Waals surface area contributed by atoms with Crippen molar-refractivity contribution in [2.45, 2.75) is 5.92 Å². The minimum atomic E-state index is -0.776. The number of carbonyl (C=O) groups excluding carboxylic acids is 1. The highest BCUT2D eigenvalue weighted by Crippen LogP contribution is 2.45. The van der Waals surface area contributed by atoms with Gasteiger partial charge in [-0.1, -0.05) is 0 Å². The molecule has 26 heavy (non-hydrogen) atoms. The lowest BCUT2D eigenvalue weighted by Crippen LogP contribution is -2.33. The zero-order valence-electron chi connectivity index (χ0n) is 14.0. The number of hydrogen-bond acceptors (Lipinski definition) is 7. The number of esters is 1. The van der Waals surface area contributed by atoms with E-state index in [0.29, 0.717) is 28.3 Å². The molecule has 1 aromatic heterocycles. The number of ether oxygens (including phenoxy) is 3. The minimum Gasteiger partial charge on any atom is -0.497 e. The van der Waals surface area contributed by atoms with E-state index in [4.69, 9.17) is 14.2 Å². The SMILES string of the molecule is COc1ccc(OC)c([C@@H]2C3=C(COC3=O)Nc3[nH]c(=O)[nH]c(=O)c32)c1. The number of aromatic nitrogens is 2. The molecule has 0 saturated carbocycles. The summed E-state index contributed by atoms with van der Waals surface area (Å²) >= 11 is 0.